The second-order valence-electron chi connectivity index (χ2n) is 6.17. The second kappa shape index (κ2) is 9.50. The lowest BCUT2D eigenvalue weighted by Crippen LogP contribution is -2.28. The van der Waals surface area contributed by atoms with Gasteiger partial charge in [0.15, 0.2) is 0 Å². The summed E-state index contributed by atoms with van der Waals surface area (Å²) in [7, 11) is -2.04. The zero-order valence-corrected chi connectivity index (χ0v) is 16.1. The summed E-state index contributed by atoms with van der Waals surface area (Å²) in [5, 5.41) is 3.00. The van der Waals surface area contributed by atoms with E-state index < -0.39 is 10.0 Å². The molecule has 6 heteroatoms. The molecule has 0 heterocycles. The maximum absolute atomic E-state index is 12.1. The Morgan fingerprint density at radius 2 is 1.69 bits per heavy atom. The van der Waals surface area contributed by atoms with E-state index in [0.717, 1.165) is 12.0 Å². The van der Waals surface area contributed by atoms with E-state index in [1.54, 1.807) is 24.3 Å². The van der Waals surface area contributed by atoms with Crippen molar-refractivity contribution in [2.24, 2.45) is 0 Å². The van der Waals surface area contributed by atoms with Crippen LogP contribution in [0, 0.1) is 0 Å². The number of benzene rings is 2. The Hall–Kier alpha value is -2.18. The Labute approximate surface area is 155 Å². The molecule has 1 unspecified atom stereocenters. The molecule has 2 aromatic carbocycles. The van der Waals surface area contributed by atoms with Crippen molar-refractivity contribution >= 4 is 15.9 Å². The summed E-state index contributed by atoms with van der Waals surface area (Å²) in [4.78, 5) is 12.3. The molecule has 0 aliphatic carbocycles. The van der Waals surface area contributed by atoms with Crippen LogP contribution in [0.1, 0.15) is 36.8 Å². The lowest BCUT2D eigenvalue weighted by Gasteiger charge is -2.16. The molecule has 0 bridgehead atoms. The largest absolute Gasteiger partial charge is 0.355 e. The Kier molecular flexibility index (Phi) is 7.36. The van der Waals surface area contributed by atoms with Crippen molar-refractivity contribution in [2.45, 2.75) is 37.0 Å². The molecule has 5 nitrogen and oxygen atoms in total. The number of hydrogen-bond acceptors (Lipinski definition) is 3. The van der Waals surface area contributed by atoms with Crippen LogP contribution in [-0.4, -0.2) is 27.9 Å². The van der Waals surface area contributed by atoms with E-state index in [4.69, 9.17) is 0 Å². The van der Waals surface area contributed by atoms with Gasteiger partial charge in [-0.2, -0.15) is 0 Å². The van der Waals surface area contributed by atoms with E-state index >= 15 is 0 Å². The number of aryl methyl sites for hydroxylation is 1. The number of hydrogen-bond donors (Lipinski definition) is 2. The summed E-state index contributed by atoms with van der Waals surface area (Å²) in [6.07, 6.45) is 1.92. The van der Waals surface area contributed by atoms with Gasteiger partial charge in [-0.05, 0) is 43.1 Å². The lowest BCUT2D eigenvalue weighted by atomic mass is 9.96. The molecule has 2 aromatic rings. The highest BCUT2D eigenvalue weighted by molar-refractivity contribution is 7.89. The Bertz CT molecular complexity index is 803. The molecule has 0 radical (unpaired) electrons. The molecule has 0 saturated heterocycles. The fourth-order valence-corrected chi connectivity index (χ4v) is 3.49. The van der Waals surface area contributed by atoms with Crippen molar-refractivity contribution in [3.05, 3.63) is 65.7 Å². The van der Waals surface area contributed by atoms with Gasteiger partial charge in [-0.3, -0.25) is 4.79 Å². The van der Waals surface area contributed by atoms with E-state index in [1.165, 1.54) is 12.6 Å². The van der Waals surface area contributed by atoms with Gasteiger partial charge in [0.25, 0.3) is 0 Å². The third kappa shape index (κ3) is 5.68. The van der Waals surface area contributed by atoms with Crippen molar-refractivity contribution in [1.82, 2.24) is 10.0 Å². The molecule has 1 atom stereocenters. The maximum Gasteiger partial charge on any atom is 0.240 e. The molecule has 0 saturated carbocycles. The van der Waals surface area contributed by atoms with Crippen molar-refractivity contribution in [1.29, 1.82) is 0 Å². The molecule has 0 spiro atoms. The molecule has 2 rings (SSSR count). The normalized spacial score (nSPS) is 12.5. The van der Waals surface area contributed by atoms with Gasteiger partial charge in [-0.25, -0.2) is 13.1 Å². The van der Waals surface area contributed by atoms with Gasteiger partial charge in [0.2, 0.25) is 15.9 Å². The summed E-state index contributed by atoms with van der Waals surface area (Å²) in [5.41, 5.74) is 2.17. The molecule has 0 aliphatic rings. The molecule has 0 fully saturated rings. The standard InChI is InChI=1S/C20H26N2O3S/c1-3-17(18-7-5-4-6-8-18)15-22-20(23)14-11-16-9-12-19(13-10-16)26(24,25)21-2/h4-10,12-13,17,21H,3,11,14-15H2,1-2H3,(H,22,23). The summed E-state index contributed by atoms with van der Waals surface area (Å²) in [6.45, 7) is 2.74. The smallest absolute Gasteiger partial charge is 0.240 e. The van der Waals surface area contributed by atoms with Gasteiger partial charge < -0.3 is 5.32 Å². The minimum Gasteiger partial charge on any atom is -0.355 e. The number of amides is 1. The van der Waals surface area contributed by atoms with Gasteiger partial charge in [0.05, 0.1) is 4.90 Å². The third-order valence-electron chi connectivity index (χ3n) is 4.45. The minimum absolute atomic E-state index is 0.00584. The molecular weight excluding hydrogens is 348 g/mol. The van der Waals surface area contributed by atoms with Crippen molar-refractivity contribution < 1.29 is 13.2 Å². The van der Waals surface area contributed by atoms with E-state index in [9.17, 15) is 13.2 Å². The second-order valence-corrected chi connectivity index (χ2v) is 8.06. The van der Waals surface area contributed by atoms with Crippen LogP contribution in [0.25, 0.3) is 0 Å². The first-order valence-corrected chi connectivity index (χ1v) is 10.3. The highest BCUT2D eigenvalue weighted by atomic mass is 32.2. The van der Waals surface area contributed by atoms with Gasteiger partial charge >= 0.3 is 0 Å². The monoisotopic (exact) mass is 374 g/mol. The van der Waals surface area contributed by atoms with Crippen LogP contribution in [0.15, 0.2) is 59.5 Å². The average Bonchev–Trinajstić information content (AvgIpc) is 2.68. The molecule has 0 aromatic heterocycles. The van der Waals surface area contributed by atoms with Crippen molar-refractivity contribution in [3.8, 4) is 0 Å². The SMILES string of the molecule is CCC(CNC(=O)CCc1ccc(S(=O)(=O)NC)cc1)c1ccccc1. The van der Waals surface area contributed by atoms with Crippen LogP contribution < -0.4 is 10.0 Å². The first-order valence-electron chi connectivity index (χ1n) is 8.80. The zero-order valence-electron chi connectivity index (χ0n) is 15.2. The fourth-order valence-electron chi connectivity index (χ4n) is 2.76. The molecular formula is C20H26N2O3S. The third-order valence-corrected chi connectivity index (χ3v) is 5.88. The minimum atomic E-state index is -3.42. The number of rotatable bonds is 9. The Morgan fingerprint density at radius 3 is 2.27 bits per heavy atom. The first kappa shape index (κ1) is 20.1. The van der Waals surface area contributed by atoms with Crippen LogP contribution in [0.4, 0.5) is 0 Å². The highest BCUT2D eigenvalue weighted by Gasteiger charge is 2.12. The van der Waals surface area contributed by atoms with E-state index in [-0.39, 0.29) is 10.8 Å². The van der Waals surface area contributed by atoms with Crippen LogP contribution in [-0.2, 0) is 21.2 Å². The van der Waals surface area contributed by atoms with Crippen LogP contribution in [0.3, 0.4) is 0 Å². The molecule has 2 N–H and O–H groups in total. The summed E-state index contributed by atoms with van der Waals surface area (Å²) < 4.78 is 25.7. The molecule has 0 aliphatic heterocycles. The topological polar surface area (TPSA) is 75.3 Å². The molecule has 1 amide bonds. The quantitative estimate of drug-likeness (QED) is 0.709. The zero-order chi connectivity index (χ0) is 19.0. The fraction of sp³-hybridized carbons (Fsp3) is 0.350. The predicted octanol–water partition coefficient (Wildman–Crippen LogP) is 2.84. The number of carbonyl (C=O) groups excluding carboxylic acids is 1. The van der Waals surface area contributed by atoms with Gasteiger partial charge in [0, 0.05) is 18.9 Å². The highest BCUT2D eigenvalue weighted by Crippen LogP contribution is 2.18. The van der Waals surface area contributed by atoms with Crippen LogP contribution in [0.5, 0.6) is 0 Å². The van der Waals surface area contributed by atoms with E-state index in [2.05, 4.69) is 29.1 Å². The van der Waals surface area contributed by atoms with Gasteiger partial charge in [0.1, 0.15) is 0 Å². The van der Waals surface area contributed by atoms with Crippen LogP contribution >= 0.6 is 0 Å². The lowest BCUT2D eigenvalue weighted by molar-refractivity contribution is -0.121. The Morgan fingerprint density at radius 1 is 1.04 bits per heavy atom. The predicted molar refractivity (Wildman–Crippen MR) is 103 cm³/mol. The summed E-state index contributed by atoms with van der Waals surface area (Å²) in [6, 6.07) is 16.8. The number of nitrogens with one attached hydrogen (secondary N) is 2. The van der Waals surface area contributed by atoms with Gasteiger partial charge in [-0.15, -0.1) is 0 Å². The van der Waals surface area contributed by atoms with Crippen molar-refractivity contribution in [2.75, 3.05) is 13.6 Å². The summed E-state index contributed by atoms with van der Waals surface area (Å²) >= 11 is 0. The van der Waals surface area contributed by atoms with Crippen LogP contribution in [0.2, 0.25) is 0 Å². The first-order chi connectivity index (χ1) is 12.5. The van der Waals surface area contributed by atoms with Gasteiger partial charge in [-0.1, -0.05) is 49.4 Å². The molecule has 26 heavy (non-hydrogen) atoms. The summed E-state index contributed by atoms with van der Waals surface area (Å²) in [5.74, 6) is 0.317. The maximum atomic E-state index is 12.1. The number of carbonyl (C=O) groups is 1. The van der Waals surface area contributed by atoms with E-state index in [1.807, 2.05) is 18.2 Å². The number of sulfonamides is 1. The molecule has 140 valence electrons. The Balaban J connectivity index is 1.83. The average molecular weight is 375 g/mol. The van der Waals surface area contributed by atoms with Crippen molar-refractivity contribution in [3.63, 3.8) is 0 Å². The van der Waals surface area contributed by atoms with E-state index in [0.29, 0.717) is 25.3 Å².